The van der Waals surface area contributed by atoms with Crippen LogP contribution in [-0.4, -0.2) is 21.0 Å². The highest BCUT2D eigenvalue weighted by Gasteiger charge is 2.10. The second-order valence-electron chi connectivity index (χ2n) is 4.99. The van der Waals surface area contributed by atoms with Crippen LogP contribution < -0.4 is 0 Å². The number of hydrogen-bond acceptors (Lipinski definition) is 3. The Morgan fingerprint density at radius 1 is 1.14 bits per heavy atom. The Kier molecular flexibility index (Phi) is 4.62. The second kappa shape index (κ2) is 6.43. The fourth-order valence-electron chi connectivity index (χ4n) is 2.27. The van der Waals surface area contributed by atoms with Crippen molar-refractivity contribution >= 4 is 5.97 Å². The Labute approximate surface area is 122 Å². The van der Waals surface area contributed by atoms with E-state index in [1.807, 2.05) is 13.8 Å². The smallest absolute Gasteiger partial charge is 0.303 e. The van der Waals surface area contributed by atoms with E-state index in [4.69, 9.17) is 5.11 Å². The summed E-state index contributed by atoms with van der Waals surface area (Å²) in [5.41, 5.74) is 3.44. The molecule has 0 radical (unpaired) electrons. The molecule has 0 aliphatic rings. The molecule has 21 heavy (non-hydrogen) atoms. The molecule has 0 spiro atoms. The molecular weight excluding hydrogens is 271 g/mol. The Bertz CT molecular complexity index is 631. The van der Waals surface area contributed by atoms with E-state index < -0.39 is 5.97 Å². The number of rotatable bonds is 5. The van der Waals surface area contributed by atoms with Crippen molar-refractivity contribution in [2.24, 2.45) is 0 Å². The number of carboxylic acid groups (broad SMARTS) is 1. The van der Waals surface area contributed by atoms with Gasteiger partial charge in [-0.05, 0) is 43.5 Å². The van der Waals surface area contributed by atoms with E-state index in [2.05, 4.69) is 9.97 Å². The molecule has 0 aliphatic carbocycles. The third-order valence-electron chi connectivity index (χ3n) is 3.33. The van der Waals surface area contributed by atoms with Crippen molar-refractivity contribution in [3.8, 4) is 0 Å². The Balaban J connectivity index is 2.18. The number of benzene rings is 1. The first-order valence-electron chi connectivity index (χ1n) is 6.75. The molecule has 1 aromatic heterocycles. The molecule has 2 aromatic rings. The number of nitrogens with zero attached hydrogens (tertiary/aromatic N) is 2. The van der Waals surface area contributed by atoms with Gasteiger partial charge in [0.1, 0.15) is 11.6 Å². The van der Waals surface area contributed by atoms with E-state index in [0.29, 0.717) is 18.7 Å². The number of carbonyl (C=O) groups is 1. The normalized spacial score (nSPS) is 10.6. The van der Waals surface area contributed by atoms with Crippen molar-refractivity contribution in [1.29, 1.82) is 0 Å². The molecule has 0 bridgehead atoms. The molecule has 4 nitrogen and oxygen atoms in total. The fraction of sp³-hybridized carbons (Fsp3) is 0.312. The number of aliphatic carboxylic acids is 1. The first kappa shape index (κ1) is 15.1. The Hall–Kier alpha value is -2.30. The quantitative estimate of drug-likeness (QED) is 0.919. The lowest BCUT2D eigenvalue weighted by atomic mass is 10.1. The van der Waals surface area contributed by atoms with E-state index in [-0.39, 0.29) is 12.2 Å². The van der Waals surface area contributed by atoms with Crippen LogP contribution in [-0.2, 0) is 17.6 Å². The second-order valence-corrected chi connectivity index (χ2v) is 4.99. The first-order chi connectivity index (χ1) is 9.95. The molecule has 0 fully saturated rings. The molecule has 0 aliphatic heterocycles. The first-order valence-corrected chi connectivity index (χ1v) is 6.75. The largest absolute Gasteiger partial charge is 0.481 e. The van der Waals surface area contributed by atoms with Crippen LogP contribution >= 0.6 is 0 Å². The van der Waals surface area contributed by atoms with Crippen molar-refractivity contribution < 1.29 is 14.3 Å². The topological polar surface area (TPSA) is 63.1 Å². The highest BCUT2D eigenvalue weighted by molar-refractivity contribution is 5.67. The molecule has 2 rings (SSSR count). The van der Waals surface area contributed by atoms with Crippen LogP contribution in [0.15, 0.2) is 24.3 Å². The Morgan fingerprint density at radius 3 is 2.24 bits per heavy atom. The lowest BCUT2D eigenvalue weighted by Gasteiger charge is -2.10. The molecule has 1 heterocycles. The summed E-state index contributed by atoms with van der Waals surface area (Å²) in [6.45, 7) is 3.72. The van der Waals surface area contributed by atoms with Gasteiger partial charge in [0.15, 0.2) is 0 Å². The minimum atomic E-state index is -0.829. The summed E-state index contributed by atoms with van der Waals surface area (Å²) >= 11 is 0. The number of carboxylic acids is 1. The molecule has 1 aromatic carbocycles. The lowest BCUT2D eigenvalue weighted by molar-refractivity contribution is -0.136. The van der Waals surface area contributed by atoms with Gasteiger partial charge < -0.3 is 5.11 Å². The fourth-order valence-corrected chi connectivity index (χ4v) is 2.27. The zero-order chi connectivity index (χ0) is 15.4. The van der Waals surface area contributed by atoms with Crippen molar-refractivity contribution in [3.63, 3.8) is 0 Å². The number of aryl methyl sites for hydroxylation is 2. The van der Waals surface area contributed by atoms with Gasteiger partial charge in [-0.15, -0.1) is 0 Å². The van der Waals surface area contributed by atoms with E-state index >= 15 is 0 Å². The molecule has 0 atom stereocenters. The minimum absolute atomic E-state index is 0.0718. The zero-order valence-corrected chi connectivity index (χ0v) is 12.1. The Morgan fingerprint density at radius 2 is 1.71 bits per heavy atom. The number of hydrogen-bond donors (Lipinski definition) is 1. The average Bonchev–Trinajstić information content (AvgIpc) is 2.40. The van der Waals surface area contributed by atoms with Crippen LogP contribution in [0.2, 0.25) is 0 Å². The van der Waals surface area contributed by atoms with Gasteiger partial charge in [0.05, 0.1) is 0 Å². The molecule has 0 saturated carbocycles. The van der Waals surface area contributed by atoms with Crippen LogP contribution in [0.25, 0.3) is 0 Å². The van der Waals surface area contributed by atoms with Crippen molar-refractivity contribution in [2.45, 2.75) is 33.1 Å². The summed E-state index contributed by atoms with van der Waals surface area (Å²) in [5, 5.41) is 8.76. The molecule has 5 heteroatoms. The third-order valence-corrected chi connectivity index (χ3v) is 3.33. The van der Waals surface area contributed by atoms with Gasteiger partial charge >= 0.3 is 5.97 Å². The predicted molar refractivity (Wildman–Crippen MR) is 76.7 cm³/mol. The maximum atomic E-state index is 12.9. The molecular formula is C16H17FN2O2. The molecule has 1 N–H and O–H groups in total. The summed E-state index contributed by atoms with van der Waals surface area (Å²) in [6.07, 6.45) is 1.04. The van der Waals surface area contributed by atoms with Crippen LogP contribution in [0.3, 0.4) is 0 Å². The summed E-state index contributed by atoms with van der Waals surface area (Å²) in [4.78, 5) is 19.5. The maximum absolute atomic E-state index is 12.9. The van der Waals surface area contributed by atoms with Gasteiger partial charge in [-0.25, -0.2) is 14.4 Å². The molecule has 110 valence electrons. The van der Waals surface area contributed by atoms with Crippen LogP contribution in [0.5, 0.6) is 0 Å². The highest BCUT2D eigenvalue weighted by Crippen LogP contribution is 2.15. The van der Waals surface area contributed by atoms with Gasteiger partial charge in [0, 0.05) is 24.2 Å². The average molecular weight is 288 g/mol. The monoisotopic (exact) mass is 288 g/mol. The van der Waals surface area contributed by atoms with E-state index in [0.717, 1.165) is 22.5 Å². The standard InChI is InChI=1S/C16H17FN2O2/c1-10-14(7-8-16(20)21)11(2)19-15(18-10)9-12-3-5-13(17)6-4-12/h3-6H,7-9H2,1-2H3,(H,20,21). The summed E-state index contributed by atoms with van der Waals surface area (Å²) in [7, 11) is 0. The van der Waals surface area contributed by atoms with E-state index in [1.165, 1.54) is 12.1 Å². The molecule has 0 unspecified atom stereocenters. The van der Waals surface area contributed by atoms with Gasteiger partial charge in [-0.1, -0.05) is 12.1 Å². The minimum Gasteiger partial charge on any atom is -0.481 e. The maximum Gasteiger partial charge on any atom is 0.303 e. The van der Waals surface area contributed by atoms with Crippen molar-refractivity contribution in [2.75, 3.05) is 0 Å². The number of aromatic nitrogens is 2. The SMILES string of the molecule is Cc1nc(Cc2ccc(F)cc2)nc(C)c1CCC(=O)O. The van der Waals surface area contributed by atoms with Crippen LogP contribution in [0.1, 0.15) is 34.8 Å². The lowest BCUT2D eigenvalue weighted by Crippen LogP contribution is -2.08. The molecule has 0 amide bonds. The zero-order valence-electron chi connectivity index (χ0n) is 12.1. The summed E-state index contributed by atoms with van der Waals surface area (Å²) in [6, 6.07) is 6.25. The van der Waals surface area contributed by atoms with Gasteiger partial charge in [0.2, 0.25) is 0 Å². The van der Waals surface area contributed by atoms with E-state index in [9.17, 15) is 9.18 Å². The van der Waals surface area contributed by atoms with Crippen LogP contribution in [0, 0.1) is 19.7 Å². The van der Waals surface area contributed by atoms with Gasteiger partial charge in [0.25, 0.3) is 0 Å². The third kappa shape index (κ3) is 4.08. The van der Waals surface area contributed by atoms with E-state index in [1.54, 1.807) is 12.1 Å². The van der Waals surface area contributed by atoms with Gasteiger partial charge in [-0.2, -0.15) is 0 Å². The van der Waals surface area contributed by atoms with Crippen molar-refractivity contribution in [3.05, 3.63) is 58.4 Å². The molecule has 0 saturated heterocycles. The highest BCUT2D eigenvalue weighted by atomic mass is 19.1. The van der Waals surface area contributed by atoms with Gasteiger partial charge in [-0.3, -0.25) is 4.79 Å². The number of halogens is 1. The summed E-state index contributed by atoms with van der Waals surface area (Å²) in [5.74, 6) is -0.434. The van der Waals surface area contributed by atoms with Crippen molar-refractivity contribution in [1.82, 2.24) is 9.97 Å². The predicted octanol–water partition coefficient (Wildman–Crippen LogP) is 2.84. The summed E-state index contributed by atoms with van der Waals surface area (Å²) < 4.78 is 12.9. The van der Waals surface area contributed by atoms with Crippen LogP contribution in [0.4, 0.5) is 4.39 Å².